The van der Waals surface area contributed by atoms with Crippen molar-refractivity contribution in [3.05, 3.63) is 59.4 Å². The lowest BCUT2D eigenvalue weighted by Gasteiger charge is -2.16. The first-order valence-electron chi connectivity index (χ1n) is 7.11. The molecule has 0 atom stereocenters. The van der Waals surface area contributed by atoms with Gasteiger partial charge in [0.05, 0.1) is 11.0 Å². The van der Waals surface area contributed by atoms with Crippen LogP contribution in [0.5, 0.6) is 0 Å². The van der Waals surface area contributed by atoms with E-state index in [4.69, 9.17) is 0 Å². The van der Waals surface area contributed by atoms with Gasteiger partial charge in [-0.15, -0.1) is 0 Å². The summed E-state index contributed by atoms with van der Waals surface area (Å²) in [6.45, 7) is 4.20. The average Bonchev–Trinajstić information content (AvgIpc) is 2.75. The second kappa shape index (κ2) is 5.26. The molecule has 0 fully saturated rings. The molecule has 2 N–H and O–H groups in total. The number of carbonyl (C=O) groups excluding carboxylic acids is 2. The Morgan fingerprint density at radius 1 is 1.32 bits per heavy atom. The molecular formula is C17H17N3O2. The summed E-state index contributed by atoms with van der Waals surface area (Å²) >= 11 is 0. The zero-order chi connectivity index (χ0) is 15.7. The van der Waals surface area contributed by atoms with Crippen LogP contribution in [0.2, 0.25) is 0 Å². The van der Waals surface area contributed by atoms with Crippen LogP contribution in [0.25, 0.3) is 0 Å². The molecule has 2 amide bonds. The minimum absolute atomic E-state index is 0.000884. The maximum absolute atomic E-state index is 12.0. The Kier molecular flexibility index (Phi) is 3.41. The van der Waals surface area contributed by atoms with Crippen molar-refractivity contribution in [2.75, 3.05) is 5.32 Å². The molecule has 1 aliphatic heterocycles. The monoisotopic (exact) mass is 295 g/mol. The van der Waals surface area contributed by atoms with Gasteiger partial charge >= 0.3 is 0 Å². The largest absolute Gasteiger partial charge is 0.348 e. The Balaban J connectivity index is 1.74. The normalized spacial score (nSPS) is 15.1. The third-order valence-corrected chi connectivity index (χ3v) is 3.95. The van der Waals surface area contributed by atoms with E-state index in [-0.39, 0.29) is 11.8 Å². The van der Waals surface area contributed by atoms with Crippen LogP contribution in [-0.2, 0) is 16.8 Å². The van der Waals surface area contributed by atoms with Crippen molar-refractivity contribution < 1.29 is 9.59 Å². The van der Waals surface area contributed by atoms with E-state index in [1.165, 1.54) is 6.20 Å². The number of anilines is 1. The summed E-state index contributed by atoms with van der Waals surface area (Å²) < 4.78 is 0. The third-order valence-electron chi connectivity index (χ3n) is 3.95. The molecule has 0 aliphatic carbocycles. The van der Waals surface area contributed by atoms with Crippen molar-refractivity contribution in [1.29, 1.82) is 0 Å². The summed E-state index contributed by atoms with van der Waals surface area (Å²) in [4.78, 5) is 27.9. The lowest BCUT2D eigenvalue weighted by molar-refractivity contribution is -0.119. The fourth-order valence-corrected chi connectivity index (χ4v) is 2.51. The van der Waals surface area contributed by atoms with Gasteiger partial charge in [-0.25, -0.2) is 0 Å². The summed E-state index contributed by atoms with van der Waals surface area (Å²) in [5, 5.41) is 5.73. The number of fused-ring (bicyclic) bond motifs is 1. The van der Waals surface area contributed by atoms with Crippen LogP contribution in [0, 0.1) is 0 Å². The molecule has 0 saturated heterocycles. The molecule has 2 heterocycles. The summed E-state index contributed by atoms with van der Waals surface area (Å²) in [6.07, 6.45) is 3.16. The van der Waals surface area contributed by atoms with E-state index >= 15 is 0 Å². The fourth-order valence-electron chi connectivity index (χ4n) is 2.51. The topological polar surface area (TPSA) is 71.1 Å². The molecule has 1 aromatic heterocycles. The van der Waals surface area contributed by atoms with Gasteiger partial charge in [0.1, 0.15) is 0 Å². The van der Waals surface area contributed by atoms with E-state index in [0.717, 1.165) is 16.8 Å². The smallest absolute Gasteiger partial charge is 0.253 e. The lowest BCUT2D eigenvalue weighted by atomic mass is 9.85. The van der Waals surface area contributed by atoms with Gasteiger partial charge in [-0.05, 0) is 43.2 Å². The van der Waals surface area contributed by atoms with Gasteiger partial charge in [-0.3, -0.25) is 14.6 Å². The second-order valence-electron chi connectivity index (χ2n) is 5.88. The Bertz CT molecular complexity index is 739. The number of benzene rings is 1. The Morgan fingerprint density at radius 3 is 2.86 bits per heavy atom. The van der Waals surface area contributed by atoms with Gasteiger partial charge < -0.3 is 10.6 Å². The van der Waals surface area contributed by atoms with E-state index in [2.05, 4.69) is 15.6 Å². The van der Waals surface area contributed by atoms with E-state index < -0.39 is 5.41 Å². The van der Waals surface area contributed by atoms with Crippen molar-refractivity contribution in [2.45, 2.75) is 25.8 Å². The van der Waals surface area contributed by atoms with E-state index in [0.29, 0.717) is 12.1 Å². The Hall–Kier alpha value is -2.69. The summed E-state index contributed by atoms with van der Waals surface area (Å²) in [5.41, 5.74) is 2.75. The quantitative estimate of drug-likeness (QED) is 0.912. The average molecular weight is 295 g/mol. The number of nitrogens with zero attached hydrogens (tertiary/aromatic N) is 1. The zero-order valence-corrected chi connectivity index (χ0v) is 12.5. The van der Waals surface area contributed by atoms with Crippen LogP contribution in [0.1, 0.15) is 35.3 Å². The van der Waals surface area contributed by atoms with Crippen molar-refractivity contribution in [1.82, 2.24) is 10.3 Å². The van der Waals surface area contributed by atoms with E-state index in [1.807, 2.05) is 32.0 Å². The molecule has 0 bridgehead atoms. The maximum Gasteiger partial charge on any atom is 0.253 e. The SMILES string of the molecule is CC1(C)C(=O)Nc2ccc(CNC(=O)c3cccnc3)cc21. The number of carbonyl (C=O) groups is 2. The molecule has 0 spiro atoms. The number of hydrogen-bond acceptors (Lipinski definition) is 3. The summed E-state index contributed by atoms with van der Waals surface area (Å²) in [7, 11) is 0. The van der Waals surface area contributed by atoms with Crippen molar-refractivity contribution in [3.8, 4) is 0 Å². The number of rotatable bonds is 3. The predicted octanol–water partition coefficient (Wildman–Crippen LogP) is 2.24. The molecule has 0 unspecified atom stereocenters. The van der Waals surface area contributed by atoms with Crippen LogP contribution in [-0.4, -0.2) is 16.8 Å². The molecule has 1 aliphatic rings. The minimum atomic E-state index is -0.543. The molecule has 0 saturated carbocycles. The standard InChI is InChI=1S/C17H17N3O2/c1-17(2)13-8-11(5-6-14(13)20-16(17)22)9-19-15(21)12-4-3-7-18-10-12/h3-8,10H,9H2,1-2H3,(H,19,21)(H,20,22). The molecule has 0 radical (unpaired) electrons. The second-order valence-corrected chi connectivity index (χ2v) is 5.88. The molecule has 5 heteroatoms. The van der Waals surface area contributed by atoms with E-state index in [1.54, 1.807) is 18.3 Å². The van der Waals surface area contributed by atoms with Gasteiger partial charge in [-0.2, -0.15) is 0 Å². The highest BCUT2D eigenvalue weighted by Crippen LogP contribution is 2.37. The first-order valence-corrected chi connectivity index (χ1v) is 7.11. The third kappa shape index (κ3) is 2.45. The van der Waals surface area contributed by atoms with Crippen LogP contribution < -0.4 is 10.6 Å². The highest BCUT2D eigenvalue weighted by Gasteiger charge is 2.38. The first-order chi connectivity index (χ1) is 10.5. The van der Waals surface area contributed by atoms with Crippen LogP contribution in [0.3, 0.4) is 0 Å². The molecule has 22 heavy (non-hydrogen) atoms. The van der Waals surface area contributed by atoms with Gasteiger partial charge in [0, 0.05) is 24.6 Å². The Morgan fingerprint density at radius 2 is 2.14 bits per heavy atom. The number of hydrogen-bond donors (Lipinski definition) is 2. The highest BCUT2D eigenvalue weighted by atomic mass is 16.2. The predicted molar refractivity (Wildman–Crippen MR) is 83.5 cm³/mol. The highest BCUT2D eigenvalue weighted by molar-refractivity contribution is 6.05. The molecule has 2 aromatic rings. The number of nitrogens with one attached hydrogen (secondary N) is 2. The van der Waals surface area contributed by atoms with Gasteiger partial charge in [0.2, 0.25) is 5.91 Å². The van der Waals surface area contributed by atoms with Crippen molar-refractivity contribution >= 4 is 17.5 Å². The first kappa shape index (κ1) is 14.3. The van der Waals surface area contributed by atoms with Crippen LogP contribution >= 0.6 is 0 Å². The van der Waals surface area contributed by atoms with Crippen molar-refractivity contribution in [3.63, 3.8) is 0 Å². The summed E-state index contributed by atoms with van der Waals surface area (Å²) in [6, 6.07) is 9.20. The maximum atomic E-state index is 12.0. The lowest BCUT2D eigenvalue weighted by Crippen LogP contribution is -2.27. The van der Waals surface area contributed by atoms with Gasteiger partial charge in [0.15, 0.2) is 0 Å². The zero-order valence-electron chi connectivity index (χ0n) is 12.5. The van der Waals surface area contributed by atoms with Gasteiger partial charge in [-0.1, -0.05) is 12.1 Å². The van der Waals surface area contributed by atoms with E-state index in [9.17, 15) is 9.59 Å². The van der Waals surface area contributed by atoms with Gasteiger partial charge in [0.25, 0.3) is 5.91 Å². The van der Waals surface area contributed by atoms with Crippen molar-refractivity contribution in [2.24, 2.45) is 0 Å². The fraction of sp³-hybridized carbons (Fsp3) is 0.235. The minimum Gasteiger partial charge on any atom is -0.348 e. The van der Waals surface area contributed by atoms with Crippen LogP contribution in [0.4, 0.5) is 5.69 Å². The number of aromatic nitrogens is 1. The molecular weight excluding hydrogens is 278 g/mol. The molecule has 112 valence electrons. The Labute approximate surface area is 128 Å². The molecule has 3 rings (SSSR count). The molecule has 1 aromatic carbocycles. The number of amides is 2. The van der Waals surface area contributed by atoms with Crippen LogP contribution in [0.15, 0.2) is 42.7 Å². The summed E-state index contributed by atoms with van der Waals surface area (Å²) in [5.74, 6) is -0.166. The number of pyridine rings is 1. The molecule has 5 nitrogen and oxygen atoms in total.